The van der Waals surface area contributed by atoms with Crippen LogP contribution >= 0.6 is 0 Å². The molecule has 0 amide bonds. The topological polar surface area (TPSA) is 87.8 Å². The predicted octanol–water partition coefficient (Wildman–Crippen LogP) is -0.316. The third-order valence-electron chi connectivity index (χ3n) is 1.86. The van der Waals surface area contributed by atoms with Gasteiger partial charge in [0, 0.05) is 6.20 Å². The van der Waals surface area contributed by atoms with Gasteiger partial charge in [-0.25, -0.2) is 4.98 Å². The molecular weight excluding hydrogens is 212 g/mol. The summed E-state index contributed by atoms with van der Waals surface area (Å²) in [5.41, 5.74) is 0.566. The van der Waals surface area contributed by atoms with Crippen molar-refractivity contribution in [2.75, 3.05) is 14.2 Å². The maximum atomic E-state index is 5.10. The van der Waals surface area contributed by atoms with Gasteiger partial charge in [-0.2, -0.15) is 9.78 Å². The smallest absolute Gasteiger partial charge is 0.319 e. The van der Waals surface area contributed by atoms with Crippen LogP contribution in [0, 0.1) is 0 Å². The lowest BCUT2D eigenvalue weighted by Crippen LogP contribution is -1.98. The average Bonchev–Trinajstić information content (AvgIpc) is 2.74. The maximum Gasteiger partial charge on any atom is 0.319 e. The third kappa shape index (κ3) is 1.76. The second-order valence-electron chi connectivity index (χ2n) is 2.88. The van der Waals surface area contributed by atoms with Gasteiger partial charge in [0.25, 0.3) is 0 Å². The Morgan fingerprint density at radius 2 is 2.06 bits per heavy atom. The van der Waals surface area contributed by atoms with Crippen LogP contribution in [0.15, 0.2) is 6.20 Å². The van der Waals surface area contributed by atoms with E-state index in [-0.39, 0.29) is 6.01 Å². The number of nitrogens with zero attached hydrogens (tertiary/aromatic N) is 6. The molecule has 0 saturated heterocycles. The number of hydrogen-bond donors (Lipinski definition) is 0. The number of aryl methyl sites for hydroxylation is 1. The highest BCUT2D eigenvalue weighted by atomic mass is 16.5. The fourth-order valence-corrected chi connectivity index (χ4v) is 1.15. The number of aromatic nitrogens is 6. The molecule has 0 aromatic carbocycles. The molecule has 2 aromatic heterocycles. The van der Waals surface area contributed by atoms with Crippen molar-refractivity contribution in [2.24, 2.45) is 7.05 Å². The first kappa shape index (κ1) is 10.3. The summed E-state index contributed by atoms with van der Waals surface area (Å²) in [5, 5.41) is 11.6. The second-order valence-corrected chi connectivity index (χ2v) is 2.88. The molecule has 8 nitrogen and oxygen atoms in total. The molecule has 0 radical (unpaired) electrons. The summed E-state index contributed by atoms with van der Waals surface area (Å²) >= 11 is 0. The lowest BCUT2D eigenvalue weighted by atomic mass is 10.3. The van der Waals surface area contributed by atoms with E-state index in [4.69, 9.17) is 9.47 Å². The Hall–Kier alpha value is -2.25. The van der Waals surface area contributed by atoms with Gasteiger partial charge in [-0.05, 0) is 5.21 Å². The number of hydrogen-bond acceptors (Lipinski definition) is 7. The summed E-state index contributed by atoms with van der Waals surface area (Å²) in [6.07, 6.45) is 1.53. The molecule has 0 aliphatic heterocycles. The van der Waals surface area contributed by atoms with E-state index in [1.807, 2.05) is 0 Å². The van der Waals surface area contributed by atoms with Crippen molar-refractivity contribution in [3.05, 3.63) is 6.20 Å². The van der Waals surface area contributed by atoms with E-state index in [1.54, 1.807) is 7.05 Å². The van der Waals surface area contributed by atoms with Gasteiger partial charge >= 0.3 is 6.01 Å². The van der Waals surface area contributed by atoms with Crippen LogP contribution in [0.1, 0.15) is 0 Å². The number of methoxy groups -OCH3 is 2. The molecule has 2 aromatic rings. The van der Waals surface area contributed by atoms with Gasteiger partial charge in [0.15, 0.2) is 0 Å². The van der Waals surface area contributed by atoms with Crippen molar-refractivity contribution >= 4 is 0 Å². The first-order valence-corrected chi connectivity index (χ1v) is 4.44. The van der Waals surface area contributed by atoms with Gasteiger partial charge in [-0.15, -0.1) is 10.2 Å². The zero-order valence-electron chi connectivity index (χ0n) is 9.08. The molecule has 84 valence electrons. The quantitative estimate of drug-likeness (QED) is 0.703. The van der Waals surface area contributed by atoms with Crippen LogP contribution in [0.3, 0.4) is 0 Å². The monoisotopic (exact) mass is 222 g/mol. The minimum absolute atomic E-state index is 0.226. The van der Waals surface area contributed by atoms with Crippen molar-refractivity contribution in [1.29, 1.82) is 0 Å². The van der Waals surface area contributed by atoms with Crippen LogP contribution in [0.5, 0.6) is 11.9 Å². The molecule has 0 spiro atoms. The third-order valence-corrected chi connectivity index (χ3v) is 1.86. The zero-order chi connectivity index (χ0) is 11.5. The summed E-state index contributed by atoms with van der Waals surface area (Å²) in [6.45, 7) is 0. The van der Waals surface area contributed by atoms with Crippen LogP contribution in [0.4, 0.5) is 0 Å². The summed E-state index contributed by atoms with van der Waals surface area (Å²) in [6, 6.07) is 0.226. The Morgan fingerprint density at radius 1 is 1.25 bits per heavy atom. The normalized spacial score (nSPS) is 10.2. The molecule has 0 unspecified atom stereocenters. The molecule has 16 heavy (non-hydrogen) atoms. The van der Waals surface area contributed by atoms with Crippen LogP contribution in [-0.4, -0.2) is 44.4 Å². The Kier molecular flexibility index (Phi) is 2.63. The van der Waals surface area contributed by atoms with Crippen LogP contribution in [0.2, 0.25) is 0 Å². The van der Waals surface area contributed by atoms with Gasteiger partial charge in [0.2, 0.25) is 11.7 Å². The van der Waals surface area contributed by atoms with Gasteiger partial charge < -0.3 is 9.47 Å². The lowest BCUT2D eigenvalue weighted by Gasteiger charge is -2.04. The largest absolute Gasteiger partial charge is 0.480 e. The highest BCUT2D eigenvalue weighted by Gasteiger charge is 2.14. The van der Waals surface area contributed by atoms with Gasteiger partial charge in [-0.1, -0.05) is 0 Å². The highest BCUT2D eigenvalue weighted by molar-refractivity contribution is 5.59. The summed E-state index contributed by atoms with van der Waals surface area (Å²) in [4.78, 5) is 9.33. The fourth-order valence-electron chi connectivity index (χ4n) is 1.15. The molecule has 0 fully saturated rings. The molecule has 0 atom stereocenters. The average molecular weight is 222 g/mol. The number of rotatable bonds is 3. The van der Waals surface area contributed by atoms with Gasteiger partial charge in [0.1, 0.15) is 5.56 Å². The minimum Gasteiger partial charge on any atom is -0.480 e. The number of ether oxygens (including phenoxy) is 2. The van der Waals surface area contributed by atoms with Crippen molar-refractivity contribution in [1.82, 2.24) is 30.2 Å². The van der Waals surface area contributed by atoms with E-state index >= 15 is 0 Å². The molecule has 2 rings (SSSR count). The van der Waals surface area contributed by atoms with Gasteiger partial charge in [0.05, 0.1) is 21.3 Å². The summed E-state index contributed by atoms with van der Waals surface area (Å²) in [7, 11) is 4.66. The summed E-state index contributed by atoms with van der Waals surface area (Å²) in [5.74, 6) is 0.752. The van der Waals surface area contributed by atoms with Crippen LogP contribution < -0.4 is 9.47 Å². The minimum atomic E-state index is 0.226. The van der Waals surface area contributed by atoms with E-state index < -0.39 is 0 Å². The molecule has 0 bridgehead atoms. The Morgan fingerprint density at radius 3 is 2.62 bits per heavy atom. The zero-order valence-corrected chi connectivity index (χ0v) is 9.08. The molecule has 2 heterocycles. The van der Waals surface area contributed by atoms with Crippen LogP contribution in [-0.2, 0) is 7.05 Å². The predicted molar refractivity (Wildman–Crippen MR) is 52.9 cm³/mol. The van der Waals surface area contributed by atoms with E-state index in [9.17, 15) is 0 Å². The van der Waals surface area contributed by atoms with Gasteiger partial charge in [-0.3, -0.25) is 0 Å². The number of tetrazole rings is 1. The first-order valence-electron chi connectivity index (χ1n) is 4.44. The highest BCUT2D eigenvalue weighted by Crippen LogP contribution is 2.24. The van der Waals surface area contributed by atoms with Crippen molar-refractivity contribution in [3.63, 3.8) is 0 Å². The van der Waals surface area contributed by atoms with Crippen molar-refractivity contribution in [3.8, 4) is 23.3 Å². The molecule has 0 aliphatic carbocycles. The first-order chi connectivity index (χ1) is 7.74. The Bertz CT molecular complexity index is 497. The molecular formula is C8H10N6O2. The standard InChI is InChI=1S/C8H10N6O2/c1-14-12-6(11-13-14)5-4-9-8(16-3)10-7(5)15-2/h4H,1-3H3. The Balaban J connectivity index is 2.48. The Labute approximate surface area is 91.2 Å². The fraction of sp³-hybridized carbons (Fsp3) is 0.375. The molecule has 8 heteroatoms. The molecule has 0 N–H and O–H groups in total. The van der Waals surface area contributed by atoms with E-state index in [2.05, 4.69) is 25.4 Å². The molecule has 0 saturated carbocycles. The molecule has 0 aliphatic rings. The van der Waals surface area contributed by atoms with Crippen molar-refractivity contribution in [2.45, 2.75) is 0 Å². The lowest BCUT2D eigenvalue weighted by molar-refractivity contribution is 0.353. The maximum absolute atomic E-state index is 5.10. The van der Waals surface area contributed by atoms with E-state index in [0.29, 0.717) is 17.3 Å². The van der Waals surface area contributed by atoms with E-state index in [1.165, 1.54) is 25.2 Å². The summed E-state index contributed by atoms with van der Waals surface area (Å²) < 4.78 is 9.99. The van der Waals surface area contributed by atoms with E-state index in [0.717, 1.165) is 0 Å². The van der Waals surface area contributed by atoms with Crippen LogP contribution in [0.25, 0.3) is 11.4 Å². The van der Waals surface area contributed by atoms with Crippen molar-refractivity contribution < 1.29 is 9.47 Å². The second kappa shape index (κ2) is 4.09. The SMILES string of the molecule is COc1ncc(-c2nnn(C)n2)c(OC)n1.